The average molecular weight is 244 g/mol. The fraction of sp³-hybridized carbons (Fsp3) is 0.917. The summed E-state index contributed by atoms with van der Waals surface area (Å²) >= 11 is 0. The number of carbonyl (C=O) groups is 1. The molecular weight excluding hydrogens is 220 g/mol. The van der Waals surface area contributed by atoms with Gasteiger partial charge in [0.2, 0.25) is 0 Å². The summed E-state index contributed by atoms with van der Waals surface area (Å²) in [4.78, 5) is 16.0. The van der Waals surface area contributed by atoms with E-state index in [0.29, 0.717) is 32.3 Å². The Balaban J connectivity index is 2.54. The number of nitrogens with zero attached hydrogens (tertiary/aromatic N) is 2. The Kier molecular flexibility index (Phi) is 6.29. The highest BCUT2D eigenvalue weighted by Crippen LogP contribution is 2.19. The van der Waals surface area contributed by atoms with Crippen molar-refractivity contribution in [3.05, 3.63) is 0 Å². The number of hydrogen-bond donors (Lipinski definition) is 0. The maximum Gasteiger partial charge on any atom is 0.320 e. The zero-order valence-corrected chi connectivity index (χ0v) is 11.1. The number of carbonyl (C=O) groups excluding carboxylic acids is 1. The summed E-state index contributed by atoms with van der Waals surface area (Å²) in [5.74, 6) is 0. The topological polar surface area (TPSA) is 42.0 Å². The third-order valence-corrected chi connectivity index (χ3v) is 3.11. The Hall–Kier alpha value is -0.810. The van der Waals surface area contributed by atoms with Crippen molar-refractivity contribution in [1.29, 1.82) is 0 Å². The summed E-state index contributed by atoms with van der Waals surface area (Å²) in [7, 11) is 3.32. The highest BCUT2D eigenvalue weighted by atomic mass is 16.5. The van der Waals surface area contributed by atoms with Gasteiger partial charge in [-0.1, -0.05) is 13.3 Å². The zero-order chi connectivity index (χ0) is 12.7. The third-order valence-electron chi connectivity index (χ3n) is 3.11. The molecule has 2 amide bonds. The van der Waals surface area contributed by atoms with Crippen LogP contribution in [0.2, 0.25) is 0 Å². The van der Waals surface area contributed by atoms with Gasteiger partial charge in [-0.2, -0.15) is 0 Å². The predicted molar refractivity (Wildman–Crippen MR) is 66.1 cm³/mol. The summed E-state index contributed by atoms with van der Waals surface area (Å²) in [6, 6.07) is 0.456. The maximum atomic E-state index is 12.1. The zero-order valence-electron chi connectivity index (χ0n) is 11.1. The lowest BCUT2D eigenvalue weighted by atomic mass is 10.1. The molecule has 0 aromatic heterocycles. The quantitative estimate of drug-likeness (QED) is 0.644. The molecule has 1 unspecified atom stereocenters. The van der Waals surface area contributed by atoms with Crippen LogP contribution in [0.15, 0.2) is 0 Å². The number of amides is 2. The lowest BCUT2D eigenvalue weighted by molar-refractivity contribution is 0.136. The number of urea groups is 1. The number of methoxy groups -OCH3 is 2. The molecule has 1 heterocycles. The average Bonchev–Trinajstić information content (AvgIpc) is 2.61. The molecule has 1 aliphatic rings. The molecule has 0 aromatic rings. The van der Waals surface area contributed by atoms with Crippen LogP contribution in [0.1, 0.15) is 19.8 Å². The van der Waals surface area contributed by atoms with Crippen molar-refractivity contribution in [2.45, 2.75) is 25.8 Å². The molecule has 1 aliphatic heterocycles. The van der Waals surface area contributed by atoms with E-state index in [4.69, 9.17) is 9.47 Å². The van der Waals surface area contributed by atoms with Gasteiger partial charge in [0, 0.05) is 33.9 Å². The van der Waals surface area contributed by atoms with Gasteiger partial charge in [-0.05, 0) is 6.42 Å². The van der Waals surface area contributed by atoms with Crippen LogP contribution in [0.25, 0.3) is 0 Å². The number of hydrogen-bond acceptors (Lipinski definition) is 3. The first-order valence-corrected chi connectivity index (χ1v) is 6.28. The van der Waals surface area contributed by atoms with Crippen LogP contribution in [0, 0.1) is 0 Å². The molecule has 0 saturated carbocycles. The molecular formula is C12H24N2O3. The van der Waals surface area contributed by atoms with Crippen molar-refractivity contribution in [1.82, 2.24) is 9.80 Å². The van der Waals surface area contributed by atoms with Gasteiger partial charge >= 0.3 is 6.03 Å². The fourth-order valence-electron chi connectivity index (χ4n) is 2.21. The molecule has 1 rings (SSSR count). The summed E-state index contributed by atoms with van der Waals surface area (Å²) in [6.45, 7) is 5.53. The van der Waals surface area contributed by atoms with Gasteiger partial charge in [0.25, 0.3) is 0 Å². The molecule has 1 saturated heterocycles. The molecule has 0 spiro atoms. The van der Waals surface area contributed by atoms with Crippen LogP contribution >= 0.6 is 0 Å². The smallest absolute Gasteiger partial charge is 0.320 e. The molecule has 0 bridgehead atoms. The lowest BCUT2D eigenvalue weighted by Crippen LogP contribution is -2.37. The van der Waals surface area contributed by atoms with E-state index in [9.17, 15) is 4.79 Å². The molecule has 0 N–H and O–H groups in total. The highest BCUT2D eigenvalue weighted by molar-refractivity contribution is 5.77. The standard InChI is InChI=1S/C12H24N2O3/c1-4-5-11-10-13(6-8-16-2)12(15)14(11)7-9-17-3/h11H,4-10H2,1-3H3. The van der Waals surface area contributed by atoms with E-state index in [0.717, 1.165) is 19.4 Å². The first-order valence-electron chi connectivity index (χ1n) is 6.28. The van der Waals surface area contributed by atoms with E-state index >= 15 is 0 Å². The van der Waals surface area contributed by atoms with E-state index in [1.165, 1.54) is 0 Å². The van der Waals surface area contributed by atoms with Gasteiger partial charge in [0.05, 0.1) is 19.3 Å². The van der Waals surface area contributed by atoms with Crippen molar-refractivity contribution >= 4 is 6.03 Å². The maximum absolute atomic E-state index is 12.1. The van der Waals surface area contributed by atoms with Gasteiger partial charge in [-0.15, -0.1) is 0 Å². The van der Waals surface area contributed by atoms with Gasteiger partial charge in [-0.25, -0.2) is 4.79 Å². The highest BCUT2D eigenvalue weighted by Gasteiger charge is 2.35. The van der Waals surface area contributed by atoms with Gasteiger partial charge in [-0.3, -0.25) is 0 Å². The van der Waals surface area contributed by atoms with Crippen molar-refractivity contribution in [2.75, 3.05) is 47.1 Å². The van der Waals surface area contributed by atoms with Gasteiger partial charge in [0.1, 0.15) is 0 Å². The fourth-order valence-corrected chi connectivity index (χ4v) is 2.21. The molecule has 0 radical (unpaired) electrons. The molecule has 0 aromatic carbocycles. The number of ether oxygens (including phenoxy) is 2. The van der Waals surface area contributed by atoms with E-state index in [2.05, 4.69) is 6.92 Å². The Bertz CT molecular complexity index is 236. The van der Waals surface area contributed by atoms with Crippen molar-refractivity contribution in [3.8, 4) is 0 Å². The van der Waals surface area contributed by atoms with Crippen molar-refractivity contribution in [2.24, 2.45) is 0 Å². The first-order chi connectivity index (χ1) is 8.24. The summed E-state index contributed by atoms with van der Waals surface area (Å²) in [5, 5.41) is 0. The molecule has 1 fully saturated rings. The van der Waals surface area contributed by atoms with Crippen molar-refractivity contribution < 1.29 is 14.3 Å². The normalized spacial score (nSPS) is 20.4. The summed E-state index contributed by atoms with van der Waals surface area (Å²) in [5.41, 5.74) is 0. The summed E-state index contributed by atoms with van der Waals surface area (Å²) < 4.78 is 10.1. The molecule has 5 heteroatoms. The second kappa shape index (κ2) is 7.50. The van der Waals surface area contributed by atoms with E-state index < -0.39 is 0 Å². The predicted octanol–water partition coefficient (Wildman–Crippen LogP) is 1.19. The Labute approximate surface area is 104 Å². The monoisotopic (exact) mass is 244 g/mol. The van der Waals surface area contributed by atoms with Crippen LogP contribution in [0.5, 0.6) is 0 Å². The van der Waals surface area contributed by atoms with Crippen LogP contribution in [-0.4, -0.2) is 68.9 Å². The van der Waals surface area contributed by atoms with E-state index in [-0.39, 0.29) is 6.03 Å². The van der Waals surface area contributed by atoms with Crippen LogP contribution < -0.4 is 0 Å². The molecule has 100 valence electrons. The second-order valence-electron chi connectivity index (χ2n) is 4.35. The third kappa shape index (κ3) is 3.85. The van der Waals surface area contributed by atoms with E-state index in [1.807, 2.05) is 9.80 Å². The lowest BCUT2D eigenvalue weighted by Gasteiger charge is -2.22. The van der Waals surface area contributed by atoms with E-state index in [1.54, 1.807) is 14.2 Å². The minimum absolute atomic E-state index is 0.123. The van der Waals surface area contributed by atoms with Crippen LogP contribution in [0.3, 0.4) is 0 Å². The Morgan fingerprint density at radius 2 is 1.88 bits per heavy atom. The summed E-state index contributed by atoms with van der Waals surface area (Å²) in [6.07, 6.45) is 2.15. The Morgan fingerprint density at radius 1 is 1.24 bits per heavy atom. The van der Waals surface area contributed by atoms with Crippen LogP contribution in [0.4, 0.5) is 4.79 Å². The molecule has 5 nitrogen and oxygen atoms in total. The van der Waals surface area contributed by atoms with Crippen LogP contribution in [-0.2, 0) is 9.47 Å². The minimum atomic E-state index is 0.123. The first kappa shape index (κ1) is 14.3. The minimum Gasteiger partial charge on any atom is -0.383 e. The second-order valence-corrected chi connectivity index (χ2v) is 4.35. The van der Waals surface area contributed by atoms with Crippen molar-refractivity contribution in [3.63, 3.8) is 0 Å². The SMILES string of the molecule is CCCC1CN(CCOC)C(=O)N1CCOC. The largest absolute Gasteiger partial charge is 0.383 e. The Morgan fingerprint density at radius 3 is 2.47 bits per heavy atom. The molecule has 0 aliphatic carbocycles. The van der Waals surface area contributed by atoms with Gasteiger partial charge in [0.15, 0.2) is 0 Å². The number of rotatable bonds is 8. The molecule has 17 heavy (non-hydrogen) atoms. The molecule has 1 atom stereocenters. The van der Waals surface area contributed by atoms with Gasteiger partial charge < -0.3 is 19.3 Å².